The third-order valence-corrected chi connectivity index (χ3v) is 5.45. The third-order valence-electron chi connectivity index (χ3n) is 5.45. The summed E-state index contributed by atoms with van der Waals surface area (Å²) in [6.07, 6.45) is 0. The van der Waals surface area contributed by atoms with Crippen molar-refractivity contribution in [2.24, 2.45) is 0 Å². The minimum Gasteiger partial charge on any atom is -0.338 e. The maximum Gasteiger partial charge on any atom is 0.294 e. The molecule has 0 radical (unpaired) electrons. The van der Waals surface area contributed by atoms with Gasteiger partial charge in [0.15, 0.2) is 5.78 Å². The second-order valence-electron chi connectivity index (χ2n) is 8.16. The summed E-state index contributed by atoms with van der Waals surface area (Å²) in [5.41, 5.74) is -0.0913. The number of Topliss-reactive ketones (excluding diaryl/α,β-unsaturated/α-hetero) is 2. The first kappa shape index (κ1) is 24.9. The van der Waals surface area contributed by atoms with E-state index in [1.807, 2.05) is 0 Å². The van der Waals surface area contributed by atoms with Crippen LogP contribution in [-0.2, 0) is 16.1 Å². The summed E-state index contributed by atoms with van der Waals surface area (Å²) >= 11 is 0. The number of ketones is 2. The standard InChI is InChI=1S/C23H27F2N3O4/c1-12-11-16(7-8-17(12)25)26-21(31)18-13(2)19(28(10-9-24)14(18)3)20(30)22(32)27-23(5,6)15(4)29/h7-8,11H,9-10H2,1-6H3,(H,26,31)(H,27,32). The molecule has 32 heavy (non-hydrogen) atoms. The summed E-state index contributed by atoms with van der Waals surface area (Å²) < 4.78 is 28.0. The monoisotopic (exact) mass is 447 g/mol. The number of halogens is 2. The molecule has 1 heterocycles. The van der Waals surface area contributed by atoms with Crippen LogP contribution < -0.4 is 10.6 Å². The molecule has 2 aromatic rings. The van der Waals surface area contributed by atoms with Gasteiger partial charge in [0.2, 0.25) is 0 Å². The summed E-state index contributed by atoms with van der Waals surface area (Å²) in [7, 11) is 0. The highest BCUT2D eigenvalue weighted by Gasteiger charge is 2.33. The van der Waals surface area contributed by atoms with E-state index in [0.29, 0.717) is 16.9 Å². The number of carbonyl (C=O) groups excluding carboxylic acids is 4. The van der Waals surface area contributed by atoms with Crippen LogP contribution >= 0.6 is 0 Å². The Bertz CT molecular complexity index is 1100. The van der Waals surface area contributed by atoms with Crippen LogP contribution in [0.15, 0.2) is 18.2 Å². The number of alkyl halides is 1. The first-order valence-corrected chi connectivity index (χ1v) is 10.0. The zero-order valence-corrected chi connectivity index (χ0v) is 19.0. The van der Waals surface area contributed by atoms with Crippen LogP contribution in [0.1, 0.15) is 58.4 Å². The Balaban J connectivity index is 2.47. The Morgan fingerprint density at radius 2 is 1.72 bits per heavy atom. The number of nitrogens with one attached hydrogen (secondary N) is 2. The quantitative estimate of drug-likeness (QED) is 0.479. The molecule has 0 aliphatic heterocycles. The van der Waals surface area contributed by atoms with Crippen molar-refractivity contribution in [2.45, 2.75) is 53.6 Å². The Labute approximate surface area is 185 Å². The number of aryl methyl sites for hydroxylation is 1. The molecule has 7 nitrogen and oxygen atoms in total. The lowest BCUT2D eigenvalue weighted by Gasteiger charge is -2.22. The van der Waals surface area contributed by atoms with E-state index >= 15 is 0 Å². The minimum atomic E-state index is -1.27. The van der Waals surface area contributed by atoms with Gasteiger partial charge in [0.25, 0.3) is 17.6 Å². The predicted octanol–water partition coefficient (Wildman–Crippen LogP) is 3.44. The normalized spacial score (nSPS) is 11.2. The number of benzene rings is 1. The largest absolute Gasteiger partial charge is 0.338 e. The molecule has 1 aromatic heterocycles. The van der Waals surface area contributed by atoms with Gasteiger partial charge in [0.1, 0.15) is 12.5 Å². The first-order valence-electron chi connectivity index (χ1n) is 10.0. The van der Waals surface area contributed by atoms with E-state index in [-0.39, 0.29) is 29.1 Å². The average Bonchev–Trinajstić information content (AvgIpc) is 2.93. The number of hydrogen-bond acceptors (Lipinski definition) is 4. The van der Waals surface area contributed by atoms with Crippen molar-refractivity contribution in [3.05, 3.63) is 52.1 Å². The van der Waals surface area contributed by atoms with Crippen LogP contribution in [-0.4, -0.2) is 40.2 Å². The smallest absolute Gasteiger partial charge is 0.294 e. The molecule has 2 rings (SSSR count). The van der Waals surface area contributed by atoms with Gasteiger partial charge in [0, 0.05) is 11.4 Å². The topological polar surface area (TPSA) is 97.3 Å². The molecular weight excluding hydrogens is 420 g/mol. The van der Waals surface area contributed by atoms with Crippen LogP contribution in [0.3, 0.4) is 0 Å². The molecule has 0 atom stereocenters. The van der Waals surface area contributed by atoms with Gasteiger partial charge >= 0.3 is 0 Å². The molecule has 2 N–H and O–H groups in total. The Kier molecular flexibility index (Phi) is 7.33. The Morgan fingerprint density at radius 3 is 2.25 bits per heavy atom. The number of rotatable bonds is 8. The highest BCUT2D eigenvalue weighted by atomic mass is 19.1. The van der Waals surface area contributed by atoms with Crippen molar-refractivity contribution in [3.8, 4) is 0 Å². The number of hydrogen-bond donors (Lipinski definition) is 2. The molecule has 0 spiro atoms. The molecule has 0 saturated heterocycles. The maximum atomic E-state index is 13.5. The molecular formula is C23H27F2N3O4. The van der Waals surface area contributed by atoms with Gasteiger partial charge in [-0.1, -0.05) is 0 Å². The van der Waals surface area contributed by atoms with Gasteiger partial charge in [-0.2, -0.15) is 0 Å². The van der Waals surface area contributed by atoms with Gasteiger partial charge in [-0.3, -0.25) is 19.2 Å². The molecule has 0 saturated carbocycles. The van der Waals surface area contributed by atoms with Gasteiger partial charge in [-0.15, -0.1) is 0 Å². The first-order chi connectivity index (χ1) is 14.8. The SMILES string of the molecule is CC(=O)C(C)(C)NC(=O)C(=O)c1c(C)c(C(=O)Nc2ccc(F)c(C)c2)c(C)n1CCF. The molecule has 0 fully saturated rings. The van der Waals surface area contributed by atoms with E-state index in [9.17, 15) is 28.0 Å². The Hall–Kier alpha value is -3.36. The fourth-order valence-electron chi connectivity index (χ4n) is 3.34. The molecule has 172 valence electrons. The molecule has 2 amide bonds. The van der Waals surface area contributed by atoms with Crippen LogP contribution in [0.4, 0.5) is 14.5 Å². The summed E-state index contributed by atoms with van der Waals surface area (Å²) in [6.45, 7) is 7.73. The lowest BCUT2D eigenvalue weighted by atomic mass is 9.99. The van der Waals surface area contributed by atoms with E-state index in [0.717, 1.165) is 0 Å². The van der Waals surface area contributed by atoms with Gasteiger partial charge in [0.05, 0.1) is 23.3 Å². The zero-order chi connectivity index (χ0) is 24.4. The van der Waals surface area contributed by atoms with Crippen molar-refractivity contribution >= 4 is 29.1 Å². The number of anilines is 1. The predicted molar refractivity (Wildman–Crippen MR) is 116 cm³/mol. The second-order valence-corrected chi connectivity index (χ2v) is 8.16. The van der Waals surface area contributed by atoms with E-state index in [2.05, 4.69) is 10.6 Å². The number of nitrogens with zero attached hydrogens (tertiary/aromatic N) is 1. The Morgan fingerprint density at radius 1 is 1.09 bits per heavy atom. The van der Waals surface area contributed by atoms with Gasteiger partial charge in [-0.25, -0.2) is 8.78 Å². The fraction of sp³-hybridized carbons (Fsp3) is 0.391. The second kappa shape index (κ2) is 9.42. The van der Waals surface area contributed by atoms with Crippen molar-refractivity contribution < 1.29 is 28.0 Å². The molecule has 0 aliphatic carbocycles. The van der Waals surface area contributed by atoms with Crippen molar-refractivity contribution in [1.82, 2.24) is 9.88 Å². The van der Waals surface area contributed by atoms with Crippen molar-refractivity contribution in [2.75, 3.05) is 12.0 Å². The molecule has 0 aliphatic rings. The fourth-order valence-corrected chi connectivity index (χ4v) is 3.34. The average molecular weight is 447 g/mol. The lowest BCUT2D eigenvalue weighted by molar-refractivity contribution is -0.127. The van der Waals surface area contributed by atoms with Crippen LogP contribution in [0.25, 0.3) is 0 Å². The van der Waals surface area contributed by atoms with Gasteiger partial charge in [-0.05, 0) is 70.9 Å². The summed E-state index contributed by atoms with van der Waals surface area (Å²) in [6, 6.07) is 4.07. The number of carbonyl (C=O) groups is 4. The third kappa shape index (κ3) is 4.92. The van der Waals surface area contributed by atoms with E-state index in [1.54, 1.807) is 13.8 Å². The van der Waals surface area contributed by atoms with Crippen molar-refractivity contribution in [3.63, 3.8) is 0 Å². The number of aromatic nitrogens is 1. The number of amides is 2. The summed E-state index contributed by atoms with van der Waals surface area (Å²) in [5, 5.41) is 5.02. The summed E-state index contributed by atoms with van der Waals surface area (Å²) in [5.74, 6) is -3.36. The molecule has 1 aromatic carbocycles. The van der Waals surface area contributed by atoms with E-state index < -0.39 is 35.6 Å². The molecule has 0 unspecified atom stereocenters. The van der Waals surface area contributed by atoms with E-state index in [1.165, 1.54) is 50.5 Å². The van der Waals surface area contributed by atoms with Crippen LogP contribution in [0, 0.1) is 26.6 Å². The summed E-state index contributed by atoms with van der Waals surface area (Å²) in [4.78, 5) is 50.2. The zero-order valence-electron chi connectivity index (χ0n) is 19.0. The molecule has 0 bridgehead atoms. The highest BCUT2D eigenvalue weighted by Crippen LogP contribution is 2.25. The highest BCUT2D eigenvalue weighted by molar-refractivity contribution is 6.43. The minimum absolute atomic E-state index is 0.113. The van der Waals surface area contributed by atoms with Gasteiger partial charge < -0.3 is 15.2 Å². The maximum absolute atomic E-state index is 13.5. The van der Waals surface area contributed by atoms with Crippen LogP contribution in [0.5, 0.6) is 0 Å². The van der Waals surface area contributed by atoms with Crippen LogP contribution in [0.2, 0.25) is 0 Å². The molecule has 9 heteroatoms. The van der Waals surface area contributed by atoms with E-state index in [4.69, 9.17) is 0 Å². The lowest BCUT2D eigenvalue weighted by Crippen LogP contribution is -2.51. The van der Waals surface area contributed by atoms with Crippen molar-refractivity contribution in [1.29, 1.82) is 0 Å².